The number of carbonyl (C=O) groups excluding carboxylic acids is 2. The summed E-state index contributed by atoms with van der Waals surface area (Å²) in [6.45, 7) is 6.18. The summed E-state index contributed by atoms with van der Waals surface area (Å²) in [5, 5.41) is 3.27. The third kappa shape index (κ3) is 4.13. The number of rotatable bonds is 4. The van der Waals surface area contributed by atoms with Crippen LogP contribution in [0.1, 0.15) is 46.5 Å². The summed E-state index contributed by atoms with van der Waals surface area (Å²) in [5.74, 6) is 1.35. The lowest BCUT2D eigenvalue weighted by Gasteiger charge is -2.34. The maximum atomic E-state index is 13.1. The van der Waals surface area contributed by atoms with Gasteiger partial charge in [-0.1, -0.05) is 12.8 Å². The van der Waals surface area contributed by atoms with Gasteiger partial charge in [0, 0.05) is 45.0 Å². The van der Waals surface area contributed by atoms with E-state index in [1.54, 1.807) is 23.0 Å². The van der Waals surface area contributed by atoms with Crippen LogP contribution >= 0.6 is 0 Å². The molecule has 2 aliphatic rings. The molecule has 8 heteroatoms. The fraction of sp³-hybridized carbons (Fsp3) is 0.500. The van der Waals surface area contributed by atoms with E-state index in [0.717, 1.165) is 35.7 Å². The summed E-state index contributed by atoms with van der Waals surface area (Å²) in [4.78, 5) is 39.7. The van der Waals surface area contributed by atoms with E-state index in [9.17, 15) is 9.59 Å². The number of hydrogen-bond acceptors (Lipinski definition) is 6. The topological polar surface area (TPSA) is 81.7 Å². The Morgan fingerprint density at radius 1 is 1.19 bits per heavy atom. The summed E-state index contributed by atoms with van der Waals surface area (Å²) in [7, 11) is 3.55. The number of hydrogen-bond donors (Lipinski definition) is 1. The molecule has 0 spiro atoms. The molecule has 1 aliphatic heterocycles. The fourth-order valence-corrected chi connectivity index (χ4v) is 4.60. The average molecular weight is 437 g/mol. The summed E-state index contributed by atoms with van der Waals surface area (Å²) < 4.78 is 0. The van der Waals surface area contributed by atoms with Gasteiger partial charge in [0.2, 0.25) is 17.8 Å². The Bertz CT molecular complexity index is 1010. The van der Waals surface area contributed by atoms with E-state index in [1.165, 1.54) is 19.8 Å². The number of anilines is 5. The van der Waals surface area contributed by atoms with Gasteiger partial charge in [0.05, 0.1) is 11.6 Å². The van der Waals surface area contributed by atoms with Crippen molar-refractivity contribution in [3.05, 3.63) is 30.5 Å². The number of nitrogens with zero attached hydrogens (tertiary/aromatic N) is 5. The number of carbonyl (C=O) groups is 2. The van der Waals surface area contributed by atoms with Gasteiger partial charge < -0.3 is 20.0 Å². The maximum absolute atomic E-state index is 13.1. The molecule has 2 heterocycles. The largest absolute Gasteiger partial charge is 0.351 e. The normalized spacial score (nSPS) is 18.3. The summed E-state index contributed by atoms with van der Waals surface area (Å²) >= 11 is 0. The highest BCUT2D eigenvalue weighted by molar-refractivity contribution is 6.00. The van der Waals surface area contributed by atoms with Gasteiger partial charge in [-0.05, 0) is 51.0 Å². The molecule has 1 aromatic heterocycles. The van der Waals surface area contributed by atoms with Crippen LogP contribution in [0.4, 0.5) is 28.8 Å². The lowest BCUT2D eigenvalue weighted by molar-refractivity contribution is -0.125. The molecule has 170 valence electrons. The molecule has 2 aromatic rings. The van der Waals surface area contributed by atoms with Crippen LogP contribution in [-0.4, -0.2) is 48.5 Å². The molecule has 0 saturated heterocycles. The van der Waals surface area contributed by atoms with E-state index < -0.39 is 5.41 Å². The number of aromatic nitrogens is 2. The highest BCUT2D eigenvalue weighted by Crippen LogP contribution is 2.40. The van der Waals surface area contributed by atoms with Crippen LogP contribution in [0.25, 0.3) is 0 Å². The molecule has 0 radical (unpaired) electrons. The third-order valence-corrected chi connectivity index (χ3v) is 6.58. The minimum absolute atomic E-state index is 0.0200. The molecule has 1 saturated carbocycles. The van der Waals surface area contributed by atoms with Crippen LogP contribution in [-0.2, 0) is 9.59 Å². The van der Waals surface area contributed by atoms with Gasteiger partial charge >= 0.3 is 0 Å². The van der Waals surface area contributed by atoms with Crippen molar-refractivity contribution in [2.45, 2.75) is 52.5 Å². The van der Waals surface area contributed by atoms with Crippen molar-refractivity contribution >= 4 is 40.6 Å². The Balaban J connectivity index is 1.66. The van der Waals surface area contributed by atoms with Crippen LogP contribution in [0.15, 0.2) is 30.5 Å². The molecule has 1 N–H and O–H groups in total. The van der Waals surface area contributed by atoms with Crippen LogP contribution in [0.2, 0.25) is 0 Å². The van der Waals surface area contributed by atoms with Gasteiger partial charge in [-0.25, -0.2) is 4.98 Å². The lowest BCUT2D eigenvalue weighted by atomic mass is 9.91. The van der Waals surface area contributed by atoms with Gasteiger partial charge in [-0.2, -0.15) is 4.98 Å². The average Bonchev–Trinajstić information content (AvgIpc) is 3.29. The Labute approximate surface area is 189 Å². The minimum atomic E-state index is -0.510. The van der Waals surface area contributed by atoms with Gasteiger partial charge in [0.25, 0.3) is 0 Å². The Kier molecular flexibility index (Phi) is 5.79. The van der Waals surface area contributed by atoms with Crippen molar-refractivity contribution in [3.8, 4) is 0 Å². The van der Waals surface area contributed by atoms with Crippen molar-refractivity contribution in [2.24, 2.45) is 5.41 Å². The summed E-state index contributed by atoms with van der Waals surface area (Å²) in [5.41, 5.74) is 1.89. The van der Waals surface area contributed by atoms with Crippen LogP contribution < -0.4 is 20.0 Å². The van der Waals surface area contributed by atoms with Crippen LogP contribution in [0.3, 0.4) is 0 Å². The molecule has 2 amide bonds. The van der Waals surface area contributed by atoms with Gasteiger partial charge in [-0.15, -0.1) is 0 Å². The van der Waals surface area contributed by atoms with Crippen molar-refractivity contribution in [3.63, 3.8) is 0 Å². The standard InChI is InChI=1S/C24H32N6O2/c1-16(31)28(4)18-12-10-17(11-13-18)26-23-25-14-20-21(27-23)30(19-8-6-7-9-19)15-24(2,3)22(32)29(20)5/h10-14,19H,6-9,15H2,1-5H3,(H,25,26,27). The van der Waals surface area contributed by atoms with E-state index >= 15 is 0 Å². The van der Waals surface area contributed by atoms with Gasteiger partial charge in [0.15, 0.2) is 5.82 Å². The molecule has 1 aromatic carbocycles. The van der Waals surface area contributed by atoms with E-state index in [2.05, 4.69) is 15.2 Å². The first-order chi connectivity index (χ1) is 15.2. The van der Waals surface area contributed by atoms with Crippen molar-refractivity contribution < 1.29 is 9.59 Å². The van der Waals surface area contributed by atoms with Gasteiger partial charge in [-0.3, -0.25) is 9.59 Å². The summed E-state index contributed by atoms with van der Waals surface area (Å²) in [6, 6.07) is 7.95. The van der Waals surface area contributed by atoms with Crippen molar-refractivity contribution in [1.29, 1.82) is 0 Å². The van der Waals surface area contributed by atoms with Crippen molar-refractivity contribution in [1.82, 2.24) is 9.97 Å². The van der Waals surface area contributed by atoms with E-state index in [4.69, 9.17) is 4.98 Å². The highest BCUT2D eigenvalue weighted by atomic mass is 16.2. The van der Waals surface area contributed by atoms with E-state index in [1.807, 2.05) is 45.2 Å². The smallest absolute Gasteiger partial charge is 0.234 e. The van der Waals surface area contributed by atoms with Crippen LogP contribution in [0.5, 0.6) is 0 Å². The monoisotopic (exact) mass is 436 g/mol. The van der Waals surface area contributed by atoms with Crippen LogP contribution in [0, 0.1) is 5.41 Å². The van der Waals surface area contributed by atoms with E-state index in [0.29, 0.717) is 18.5 Å². The molecule has 1 aliphatic carbocycles. The second-order valence-corrected chi connectivity index (χ2v) is 9.47. The molecular formula is C24H32N6O2. The summed E-state index contributed by atoms with van der Waals surface area (Å²) in [6.07, 6.45) is 6.39. The molecule has 0 atom stereocenters. The highest BCUT2D eigenvalue weighted by Gasteiger charge is 2.41. The molecular weight excluding hydrogens is 404 g/mol. The number of amides is 2. The first-order valence-corrected chi connectivity index (χ1v) is 11.2. The number of nitrogens with one attached hydrogen (secondary N) is 1. The molecule has 0 unspecified atom stereocenters. The lowest BCUT2D eigenvalue weighted by Crippen LogP contribution is -2.45. The quantitative estimate of drug-likeness (QED) is 0.781. The first-order valence-electron chi connectivity index (χ1n) is 11.2. The SMILES string of the molecule is CC(=O)N(C)c1ccc(Nc2ncc3c(n2)N(C2CCCC2)CC(C)(C)C(=O)N3C)cc1. The number of benzene rings is 1. The third-order valence-electron chi connectivity index (χ3n) is 6.58. The zero-order valence-electron chi connectivity index (χ0n) is 19.6. The Morgan fingerprint density at radius 3 is 2.47 bits per heavy atom. The predicted octanol–water partition coefficient (Wildman–Crippen LogP) is 3.95. The molecule has 32 heavy (non-hydrogen) atoms. The first kappa shape index (κ1) is 22.0. The molecule has 8 nitrogen and oxygen atoms in total. The minimum Gasteiger partial charge on any atom is -0.351 e. The van der Waals surface area contributed by atoms with Gasteiger partial charge in [0.1, 0.15) is 5.69 Å². The fourth-order valence-electron chi connectivity index (χ4n) is 4.60. The molecule has 1 fully saturated rings. The molecule has 0 bridgehead atoms. The number of fused-ring (bicyclic) bond motifs is 1. The second kappa shape index (κ2) is 8.41. The second-order valence-electron chi connectivity index (χ2n) is 9.47. The predicted molar refractivity (Wildman–Crippen MR) is 128 cm³/mol. The maximum Gasteiger partial charge on any atom is 0.234 e. The molecule has 4 rings (SSSR count). The zero-order valence-corrected chi connectivity index (χ0v) is 19.6. The van der Waals surface area contributed by atoms with Crippen molar-refractivity contribution in [2.75, 3.05) is 40.7 Å². The Hall–Kier alpha value is -3.16. The van der Waals surface area contributed by atoms with E-state index in [-0.39, 0.29) is 11.8 Å². The zero-order chi connectivity index (χ0) is 23.0. The Morgan fingerprint density at radius 2 is 1.84 bits per heavy atom.